The molecule has 7 heteroatoms. The van der Waals surface area contributed by atoms with Crippen molar-refractivity contribution in [2.45, 2.75) is 19.0 Å². The van der Waals surface area contributed by atoms with Crippen molar-refractivity contribution in [2.24, 2.45) is 0 Å². The van der Waals surface area contributed by atoms with E-state index in [0.29, 0.717) is 13.0 Å². The third kappa shape index (κ3) is 4.39. The average Bonchev–Trinajstić information content (AvgIpc) is 3.05. The lowest BCUT2D eigenvalue weighted by atomic mass is 10.1. The Morgan fingerprint density at radius 2 is 2.30 bits per heavy atom. The van der Waals surface area contributed by atoms with Crippen LogP contribution in [0.15, 0.2) is 31.8 Å². The van der Waals surface area contributed by atoms with E-state index in [1.54, 1.807) is 22.7 Å². The van der Waals surface area contributed by atoms with E-state index < -0.39 is 0 Å². The van der Waals surface area contributed by atoms with E-state index in [4.69, 9.17) is 4.74 Å². The maximum absolute atomic E-state index is 11.5. The summed E-state index contributed by atoms with van der Waals surface area (Å²) in [5, 5.41) is 5.44. The van der Waals surface area contributed by atoms with Gasteiger partial charge in [-0.1, -0.05) is 6.07 Å². The fourth-order valence-electron chi connectivity index (χ4n) is 1.72. The molecule has 0 saturated heterocycles. The number of ether oxygens (including phenoxy) is 1. The molecular formula is C13H13Br2NO2S2. The molecule has 0 saturated carbocycles. The number of thiophene rings is 2. The summed E-state index contributed by atoms with van der Waals surface area (Å²) in [5.74, 6) is -0.204. The van der Waals surface area contributed by atoms with Gasteiger partial charge in [-0.2, -0.15) is 0 Å². The van der Waals surface area contributed by atoms with E-state index in [1.807, 2.05) is 17.5 Å². The number of esters is 1. The fraction of sp³-hybridized carbons (Fsp3) is 0.308. The van der Waals surface area contributed by atoms with Crippen LogP contribution in [0.5, 0.6) is 0 Å². The van der Waals surface area contributed by atoms with Crippen LogP contribution in [0.3, 0.4) is 0 Å². The van der Waals surface area contributed by atoms with E-state index in [9.17, 15) is 4.79 Å². The van der Waals surface area contributed by atoms with Gasteiger partial charge in [-0.05, 0) is 49.4 Å². The van der Waals surface area contributed by atoms with Crippen LogP contribution >= 0.6 is 54.5 Å². The second-order valence-electron chi connectivity index (χ2n) is 4.06. The van der Waals surface area contributed by atoms with E-state index in [1.165, 1.54) is 12.0 Å². The van der Waals surface area contributed by atoms with Gasteiger partial charge in [-0.3, -0.25) is 4.79 Å². The van der Waals surface area contributed by atoms with Crippen LogP contribution in [0, 0.1) is 0 Å². The van der Waals surface area contributed by atoms with Crippen LogP contribution in [0.1, 0.15) is 22.2 Å². The Bertz CT molecular complexity index is 549. The Balaban J connectivity index is 2.02. The molecule has 0 aliphatic heterocycles. The zero-order chi connectivity index (χ0) is 14.5. The number of halogens is 2. The Morgan fingerprint density at radius 1 is 1.50 bits per heavy atom. The minimum Gasteiger partial charge on any atom is -0.469 e. The molecule has 0 aliphatic carbocycles. The van der Waals surface area contributed by atoms with Gasteiger partial charge in [0.05, 0.1) is 23.4 Å². The molecule has 1 N–H and O–H groups in total. The highest BCUT2D eigenvalue weighted by atomic mass is 79.9. The lowest BCUT2D eigenvalue weighted by Crippen LogP contribution is -2.23. The van der Waals surface area contributed by atoms with Crippen LogP contribution in [-0.4, -0.2) is 13.1 Å². The summed E-state index contributed by atoms with van der Waals surface area (Å²) in [6, 6.07) is 6.09. The largest absolute Gasteiger partial charge is 0.469 e. The third-order valence-electron chi connectivity index (χ3n) is 2.70. The lowest BCUT2D eigenvalue weighted by Gasteiger charge is -2.15. The first-order chi connectivity index (χ1) is 9.60. The maximum atomic E-state index is 11.5. The predicted molar refractivity (Wildman–Crippen MR) is 90.3 cm³/mol. The standard InChI is InChI=1S/C13H13Br2NO2S2/c1-18-12(17)6-10(11-3-2-4-19-11)16-7-8-5-9(14)13(15)20-8/h2-5,10,16H,6-7H2,1H3. The van der Waals surface area contributed by atoms with Gasteiger partial charge in [0, 0.05) is 20.8 Å². The SMILES string of the molecule is COC(=O)CC(NCc1cc(Br)c(Br)s1)c1cccs1. The monoisotopic (exact) mass is 437 g/mol. The Hall–Kier alpha value is -0.210. The van der Waals surface area contributed by atoms with Crippen LogP contribution in [-0.2, 0) is 16.1 Å². The van der Waals surface area contributed by atoms with Crippen molar-refractivity contribution in [3.63, 3.8) is 0 Å². The van der Waals surface area contributed by atoms with Gasteiger partial charge in [-0.15, -0.1) is 22.7 Å². The van der Waals surface area contributed by atoms with Gasteiger partial charge in [0.25, 0.3) is 0 Å². The summed E-state index contributed by atoms with van der Waals surface area (Å²) in [4.78, 5) is 13.9. The quantitative estimate of drug-likeness (QED) is 0.662. The molecule has 0 bridgehead atoms. The second-order valence-corrected chi connectivity index (χ2v) is 8.35. The van der Waals surface area contributed by atoms with Crippen LogP contribution in [0.4, 0.5) is 0 Å². The first-order valence-corrected chi connectivity index (χ1v) is 9.15. The molecule has 0 fully saturated rings. The molecule has 3 nitrogen and oxygen atoms in total. The summed E-state index contributed by atoms with van der Waals surface area (Å²) >= 11 is 10.3. The van der Waals surface area contributed by atoms with Gasteiger partial charge in [-0.25, -0.2) is 0 Å². The molecule has 20 heavy (non-hydrogen) atoms. The topological polar surface area (TPSA) is 38.3 Å². The summed E-state index contributed by atoms with van der Waals surface area (Å²) in [6.07, 6.45) is 0.338. The number of methoxy groups -OCH3 is 1. The minimum absolute atomic E-state index is 0.0119. The zero-order valence-electron chi connectivity index (χ0n) is 10.7. The van der Waals surface area contributed by atoms with Crippen LogP contribution in [0.25, 0.3) is 0 Å². The molecule has 2 aromatic rings. The minimum atomic E-state index is -0.204. The molecule has 1 unspecified atom stereocenters. The molecule has 1 atom stereocenters. The van der Waals surface area contributed by atoms with Gasteiger partial charge in [0.2, 0.25) is 0 Å². The first-order valence-electron chi connectivity index (χ1n) is 5.87. The molecule has 0 amide bonds. The van der Waals surface area contributed by atoms with Gasteiger partial charge >= 0.3 is 5.97 Å². The van der Waals surface area contributed by atoms with Gasteiger partial charge in [0.15, 0.2) is 0 Å². The van der Waals surface area contributed by atoms with Crippen molar-refractivity contribution in [2.75, 3.05) is 7.11 Å². The van der Waals surface area contributed by atoms with E-state index in [0.717, 1.165) is 13.1 Å². The predicted octanol–water partition coefficient (Wildman–Crippen LogP) is 4.73. The van der Waals surface area contributed by atoms with Crippen molar-refractivity contribution in [1.29, 1.82) is 0 Å². The summed E-state index contributed by atoms with van der Waals surface area (Å²) in [5.41, 5.74) is 0. The molecule has 108 valence electrons. The number of hydrogen-bond acceptors (Lipinski definition) is 5. The molecule has 2 aromatic heterocycles. The number of carbonyl (C=O) groups is 1. The molecule has 2 heterocycles. The molecular weight excluding hydrogens is 426 g/mol. The number of nitrogens with one attached hydrogen (secondary N) is 1. The van der Waals surface area contributed by atoms with Crippen molar-refractivity contribution >= 4 is 60.5 Å². The van der Waals surface area contributed by atoms with Gasteiger partial charge in [0.1, 0.15) is 0 Å². The normalized spacial score (nSPS) is 12.3. The highest BCUT2D eigenvalue weighted by Crippen LogP contribution is 2.33. The summed E-state index contributed by atoms with van der Waals surface area (Å²) in [7, 11) is 1.42. The van der Waals surface area contributed by atoms with Crippen LogP contribution in [0.2, 0.25) is 0 Å². The van der Waals surface area contributed by atoms with E-state index >= 15 is 0 Å². The summed E-state index contributed by atoms with van der Waals surface area (Å²) < 4.78 is 6.90. The third-order valence-corrected chi connectivity index (χ3v) is 6.95. The van der Waals surface area contributed by atoms with Crippen molar-refractivity contribution < 1.29 is 9.53 Å². The average molecular weight is 439 g/mol. The van der Waals surface area contributed by atoms with Crippen LogP contribution < -0.4 is 5.32 Å². The number of carbonyl (C=O) groups excluding carboxylic acids is 1. The van der Waals surface area contributed by atoms with Crippen molar-refractivity contribution in [1.82, 2.24) is 5.32 Å². The Labute approximate surface area is 142 Å². The molecule has 0 spiro atoms. The van der Waals surface area contributed by atoms with E-state index in [-0.39, 0.29) is 12.0 Å². The van der Waals surface area contributed by atoms with E-state index in [2.05, 4.69) is 43.2 Å². The zero-order valence-corrected chi connectivity index (χ0v) is 15.5. The van der Waals surface area contributed by atoms with Gasteiger partial charge < -0.3 is 10.1 Å². The Morgan fingerprint density at radius 3 is 2.85 bits per heavy atom. The molecule has 0 aromatic carbocycles. The second kappa shape index (κ2) is 7.70. The lowest BCUT2D eigenvalue weighted by molar-refractivity contribution is -0.141. The highest BCUT2D eigenvalue weighted by Gasteiger charge is 2.17. The van der Waals surface area contributed by atoms with Crippen molar-refractivity contribution in [3.8, 4) is 0 Å². The highest BCUT2D eigenvalue weighted by molar-refractivity contribution is 9.13. The maximum Gasteiger partial charge on any atom is 0.307 e. The number of hydrogen-bond donors (Lipinski definition) is 1. The fourth-order valence-corrected chi connectivity index (χ4v) is 4.65. The summed E-state index contributed by atoms with van der Waals surface area (Å²) in [6.45, 7) is 0.717. The smallest absolute Gasteiger partial charge is 0.307 e. The Kier molecular flexibility index (Phi) is 6.22. The molecule has 0 aliphatic rings. The van der Waals surface area contributed by atoms with Crippen molar-refractivity contribution in [3.05, 3.63) is 41.6 Å². The first kappa shape index (κ1) is 16.2. The number of rotatable bonds is 6. The molecule has 0 radical (unpaired) electrons. The molecule has 2 rings (SSSR count).